The number of nitrogens with zero attached hydrogens (tertiary/aromatic N) is 1. The molecule has 1 aromatic carbocycles. The van der Waals surface area contributed by atoms with Crippen LogP contribution in [0, 0.1) is 5.92 Å². The minimum atomic E-state index is -0.893. The van der Waals surface area contributed by atoms with Crippen LogP contribution in [0.3, 0.4) is 0 Å². The molecule has 3 aliphatic carbocycles. The van der Waals surface area contributed by atoms with E-state index in [0.29, 0.717) is 12.0 Å². The van der Waals surface area contributed by atoms with Crippen LogP contribution in [0.2, 0.25) is 0 Å². The largest absolute Gasteiger partial charge is 0.478 e. The predicted octanol–water partition coefficient (Wildman–Crippen LogP) is 6.24. The van der Waals surface area contributed by atoms with Gasteiger partial charge < -0.3 is 5.11 Å². The van der Waals surface area contributed by atoms with E-state index in [9.17, 15) is 14.7 Å². The number of carbonyl (C=O) groups excluding carboxylic acids is 1. The molecule has 0 saturated carbocycles. The van der Waals surface area contributed by atoms with Crippen molar-refractivity contribution < 1.29 is 14.7 Å². The van der Waals surface area contributed by atoms with Crippen molar-refractivity contribution in [1.82, 2.24) is 0 Å². The molecule has 0 saturated heterocycles. The normalized spacial score (nSPS) is 21.8. The maximum Gasteiger partial charge on any atom is 0.335 e. The standard InChI is InChI=1S/C28H29NO3/c1-16(2)11-23-24(29-25-15-19-5-3-4-6-22(19)26(25)27(23)30)10-7-17-12-18-8-9-20(28(31)32)14-21(18)13-17/h8-9,12,14,23H,1,3-7,10-11,13,15H2,2H3,(H,31,32). The summed E-state index contributed by atoms with van der Waals surface area (Å²) < 4.78 is 0. The van der Waals surface area contributed by atoms with Gasteiger partial charge in [0, 0.05) is 17.7 Å². The van der Waals surface area contributed by atoms with E-state index in [2.05, 4.69) is 12.7 Å². The van der Waals surface area contributed by atoms with Crippen molar-refractivity contribution in [2.24, 2.45) is 10.9 Å². The number of hydrogen-bond donors (Lipinski definition) is 1. The summed E-state index contributed by atoms with van der Waals surface area (Å²) in [6, 6.07) is 5.33. The zero-order chi connectivity index (χ0) is 22.4. The van der Waals surface area contributed by atoms with Gasteiger partial charge in [0.15, 0.2) is 5.78 Å². The van der Waals surface area contributed by atoms with E-state index in [-0.39, 0.29) is 11.7 Å². The second-order valence-corrected chi connectivity index (χ2v) is 9.67. The van der Waals surface area contributed by atoms with E-state index in [1.807, 2.05) is 13.0 Å². The van der Waals surface area contributed by atoms with E-state index < -0.39 is 5.97 Å². The Balaban J connectivity index is 1.36. The molecule has 5 rings (SSSR count). The third kappa shape index (κ3) is 3.72. The zero-order valence-corrected chi connectivity index (χ0v) is 18.7. The van der Waals surface area contributed by atoms with Gasteiger partial charge in [-0.05, 0) is 87.1 Å². The first-order valence-electron chi connectivity index (χ1n) is 11.7. The van der Waals surface area contributed by atoms with Crippen LogP contribution in [-0.2, 0) is 11.2 Å². The van der Waals surface area contributed by atoms with Crippen LogP contribution in [0.25, 0.3) is 6.08 Å². The zero-order valence-electron chi connectivity index (χ0n) is 18.7. The monoisotopic (exact) mass is 427 g/mol. The number of carboxylic acids is 1. The van der Waals surface area contributed by atoms with Gasteiger partial charge >= 0.3 is 5.97 Å². The third-order valence-electron chi connectivity index (χ3n) is 7.22. The molecule has 4 nitrogen and oxygen atoms in total. The van der Waals surface area contributed by atoms with E-state index in [1.165, 1.54) is 29.6 Å². The average Bonchev–Trinajstić information content (AvgIpc) is 3.34. The number of hydrogen-bond acceptors (Lipinski definition) is 3. The number of fused-ring (bicyclic) bond motifs is 2. The molecule has 1 N–H and O–H groups in total. The van der Waals surface area contributed by atoms with Crippen molar-refractivity contribution in [3.05, 3.63) is 75.0 Å². The number of aromatic carboxylic acids is 1. The summed E-state index contributed by atoms with van der Waals surface area (Å²) in [6.45, 7) is 6.07. The Kier molecular flexibility index (Phi) is 5.32. The molecule has 1 aromatic rings. The van der Waals surface area contributed by atoms with Gasteiger partial charge in [-0.25, -0.2) is 4.79 Å². The summed E-state index contributed by atoms with van der Waals surface area (Å²) in [5, 5.41) is 9.25. The molecular weight excluding hydrogens is 398 g/mol. The van der Waals surface area contributed by atoms with Gasteiger partial charge in [-0.2, -0.15) is 0 Å². The molecule has 1 heterocycles. The number of allylic oxidation sites excluding steroid dienone is 5. The van der Waals surface area contributed by atoms with Crippen LogP contribution in [0.15, 0.2) is 63.3 Å². The van der Waals surface area contributed by atoms with Gasteiger partial charge in [0.2, 0.25) is 0 Å². The van der Waals surface area contributed by atoms with Crippen LogP contribution < -0.4 is 0 Å². The van der Waals surface area contributed by atoms with E-state index >= 15 is 0 Å². The van der Waals surface area contributed by atoms with Crippen molar-refractivity contribution >= 4 is 23.5 Å². The minimum Gasteiger partial charge on any atom is -0.478 e. The Labute approximate surface area is 189 Å². The van der Waals surface area contributed by atoms with E-state index in [4.69, 9.17) is 4.99 Å². The summed E-state index contributed by atoms with van der Waals surface area (Å²) in [4.78, 5) is 30.0. The molecule has 0 bridgehead atoms. The highest BCUT2D eigenvalue weighted by Crippen LogP contribution is 2.45. The predicted molar refractivity (Wildman–Crippen MR) is 127 cm³/mol. The molecule has 4 heteroatoms. The smallest absolute Gasteiger partial charge is 0.335 e. The maximum atomic E-state index is 13.6. The minimum absolute atomic E-state index is 0.192. The van der Waals surface area contributed by atoms with Crippen molar-refractivity contribution in [2.45, 2.75) is 64.7 Å². The Morgan fingerprint density at radius 2 is 2.00 bits per heavy atom. The van der Waals surface area contributed by atoms with Gasteiger partial charge in [0.05, 0.1) is 17.2 Å². The molecule has 0 amide bonds. The van der Waals surface area contributed by atoms with Crippen LogP contribution in [0.4, 0.5) is 0 Å². The molecule has 4 aliphatic rings. The van der Waals surface area contributed by atoms with Crippen molar-refractivity contribution in [3.63, 3.8) is 0 Å². The lowest BCUT2D eigenvalue weighted by Gasteiger charge is -2.25. The quantitative estimate of drug-likeness (QED) is 0.547. The molecule has 1 unspecified atom stereocenters. The first-order valence-corrected chi connectivity index (χ1v) is 11.7. The Morgan fingerprint density at radius 1 is 1.19 bits per heavy atom. The summed E-state index contributed by atoms with van der Waals surface area (Å²) in [7, 11) is 0. The second-order valence-electron chi connectivity index (χ2n) is 9.67. The second kappa shape index (κ2) is 8.16. The Morgan fingerprint density at radius 3 is 2.78 bits per heavy atom. The van der Waals surface area contributed by atoms with E-state index in [0.717, 1.165) is 72.2 Å². The third-order valence-corrected chi connectivity index (χ3v) is 7.22. The molecule has 1 atom stereocenters. The number of ketones is 1. The highest BCUT2D eigenvalue weighted by atomic mass is 16.4. The molecule has 0 fully saturated rings. The number of carboxylic acid groups (broad SMARTS) is 1. The molecule has 32 heavy (non-hydrogen) atoms. The van der Waals surface area contributed by atoms with Crippen LogP contribution in [-0.4, -0.2) is 22.6 Å². The van der Waals surface area contributed by atoms with Gasteiger partial charge in [0.1, 0.15) is 0 Å². The summed E-state index contributed by atoms with van der Waals surface area (Å²) >= 11 is 0. The highest BCUT2D eigenvalue weighted by Gasteiger charge is 2.39. The lowest BCUT2D eigenvalue weighted by atomic mass is 9.80. The van der Waals surface area contributed by atoms with Crippen molar-refractivity contribution in [3.8, 4) is 0 Å². The van der Waals surface area contributed by atoms with E-state index in [1.54, 1.807) is 12.1 Å². The average molecular weight is 428 g/mol. The number of carbonyl (C=O) groups is 2. The number of benzene rings is 1. The summed E-state index contributed by atoms with van der Waals surface area (Å²) in [6.07, 6.45) is 10.6. The Bertz CT molecular complexity index is 1180. The fraction of sp³-hybridized carbons (Fsp3) is 0.393. The molecule has 1 aliphatic heterocycles. The van der Waals surface area contributed by atoms with Crippen LogP contribution in [0.1, 0.15) is 79.8 Å². The van der Waals surface area contributed by atoms with Gasteiger partial charge in [-0.15, -0.1) is 6.58 Å². The number of rotatable bonds is 6. The van der Waals surface area contributed by atoms with Crippen molar-refractivity contribution in [1.29, 1.82) is 0 Å². The van der Waals surface area contributed by atoms with Crippen LogP contribution in [0.5, 0.6) is 0 Å². The fourth-order valence-corrected chi connectivity index (χ4v) is 5.68. The molecule has 0 aromatic heterocycles. The summed E-state index contributed by atoms with van der Waals surface area (Å²) in [5.74, 6) is -0.825. The van der Waals surface area contributed by atoms with Crippen molar-refractivity contribution in [2.75, 3.05) is 0 Å². The summed E-state index contributed by atoms with van der Waals surface area (Å²) in [5.41, 5.74) is 10.5. The first kappa shape index (κ1) is 20.9. The first-order chi connectivity index (χ1) is 15.4. The number of Topliss-reactive ketones (excluding diaryl/α,β-unsaturated/α-hetero) is 1. The van der Waals surface area contributed by atoms with Gasteiger partial charge in [-0.1, -0.05) is 28.9 Å². The fourth-order valence-electron chi connectivity index (χ4n) is 5.68. The highest BCUT2D eigenvalue weighted by molar-refractivity contribution is 6.17. The van der Waals surface area contributed by atoms with Gasteiger partial charge in [-0.3, -0.25) is 9.79 Å². The molecule has 0 radical (unpaired) electrons. The number of aliphatic imine (C=N–C) groups is 1. The lowest BCUT2D eigenvalue weighted by molar-refractivity contribution is -0.117. The SMILES string of the molecule is C=C(C)CC1C(=O)C2=C(CC3=C2CCCC3)N=C1CCC1=Cc2ccc(C(=O)O)cc2C1. The molecule has 164 valence electrons. The Hall–Kier alpha value is -3.01. The molecule has 0 spiro atoms. The topological polar surface area (TPSA) is 66.7 Å². The van der Waals surface area contributed by atoms with Gasteiger partial charge in [0.25, 0.3) is 0 Å². The maximum absolute atomic E-state index is 13.6. The molecular formula is C28H29NO3. The van der Waals surface area contributed by atoms with Crippen LogP contribution >= 0.6 is 0 Å². The lowest BCUT2D eigenvalue weighted by Crippen LogP contribution is -2.30.